The number of hydrogen-bond acceptors (Lipinski definition) is 8. The first-order valence-electron chi connectivity index (χ1n) is 10.3. The number of imidazole rings is 1. The molecule has 0 aliphatic carbocycles. The molecule has 0 saturated carbocycles. The van der Waals surface area contributed by atoms with Crippen molar-refractivity contribution in [3.05, 3.63) is 35.0 Å². The van der Waals surface area contributed by atoms with E-state index in [4.69, 9.17) is 10.5 Å². The van der Waals surface area contributed by atoms with E-state index in [-0.39, 0.29) is 18.2 Å². The van der Waals surface area contributed by atoms with Crippen LogP contribution in [0.5, 0.6) is 6.01 Å². The molecule has 10 heteroatoms. The van der Waals surface area contributed by atoms with E-state index < -0.39 is 5.95 Å². The molecule has 0 radical (unpaired) electrons. The number of hydrogen-bond donors (Lipinski definition) is 2. The summed E-state index contributed by atoms with van der Waals surface area (Å²) in [6.45, 7) is 7.92. The maximum absolute atomic E-state index is 14.9. The van der Waals surface area contributed by atoms with Crippen LogP contribution in [0.1, 0.15) is 36.6 Å². The average molecular weight is 414 g/mol. The van der Waals surface area contributed by atoms with E-state index in [0.717, 1.165) is 44.6 Å². The van der Waals surface area contributed by atoms with Crippen LogP contribution in [0.15, 0.2) is 12.3 Å². The number of aryl methyl sites for hydroxylation is 1. The largest absolute Gasteiger partial charge is 0.462 e. The zero-order valence-corrected chi connectivity index (χ0v) is 17.4. The lowest BCUT2D eigenvalue weighted by molar-refractivity contribution is 0.280. The number of nitrogens with one attached hydrogen (secondary N) is 1. The predicted molar refractivity (Wildman–Crippen MR) is 112 cm³/mol. The van der Waals surface area contributed by atoms with Crippen LogP contribution in [0.2, 0.25) is 0 Å². The molecule has 0 atom stereocenters. The molecule has 1 saturated heterocycles. The monoisotopic (exact) mass is 414 g/mol. The van der Waals surface area contributed by atoms with Crippen molar-refractivity contribution < 1.29 is 9.13 Å². The Morgan fingerprint density at radius 2 is 2.07 bits per heavy atom. The highest BCUT2D eigenvalue weighted by molar-refractivity contribution is 5.60. The molecule has 0 spiro atoms. The van der Waals surface area contributed by atoms with Gasteiger partial charge >= 0.3 is 6.01 Å². The molecule has 3 N–H and O–H groups in total. The number of anilines is 2. The lowest BCUT2D eigenvalue weighted by Crippen LogP contribution is -2.44. The fraction of sp³-hybridized carbons (Fsp3) is 0.500. The number of fused-ring (bicyclic) bond motifs is 1. The van der Waals surface area contributed by atoms with Gasteiger partial charge in [-0.25, -0.2) is 14.5 Å². The maximum Gasteiger partial charge on any atom is 0.336 e. The lowest BCUT2D eigenvalue weighted by atomic mass is 10.1. The number of unbranched alkanes of at least 4 members (excludes halogenated alkanes) is 1. The Hall–Kier alpha value is -3.01. The van der Waals surface area contributed by atoms with E-state index in [1.54, 1.807) is 10.7 Å². The van der Waals surface area contributed by atoms with Crippen molar-refractivity contribution in [2.45, 2.75) is 33.1 Å². The number of pyridine rings is 1. The highest BCUT2D eigenvalue weighted by Crippen LogP contribution is 2.23. The minimum Gasteiger partial charge on any atom is -0.462 e. The SMILES string of the molecule is CCCCOc1nc(N)c2ncc(Cc3cc(C)c(N4CCNCC4)nc3F)n2n1. The van der Waals surface area contributed by atoms with Crippen LogP contribution in [0.3, 0.4) is 0 Å². The quantitative estimate of drug-likeness (QED) is 0.445. The Morgan fingerprint density at radius 3 is 2.83 bits per heavy atom. The predicted octanol–water partition coefficient (Wildman–Crippen LogP) is 1.73. The van der Waals surface area contributed by atoms with Crippen molar-refractivity contribution in [2.24, 2.45) is 0 Å². The summed E-state index contributed by atoms with van der Waals surface area (Å²) < 4.78 is 22.0. The number of nitrogens with zero attached hydrogens (tertiary/aromatic N) is 6. The summed E-state index contributed by atoms with van der Waals surface area (Å²) in [4.78, 5) is 14.8. The summed E-state index contributed by atoms with van der Waals surface area (Å²) in [5.74, 6) is 0.450. The van der Waals surface area contributed by atoms with E-state index in [1.807, 2.05) is 13.0 Å². The van der Waals surface area contributed by atoms with Gasteiger partial charge in [-0.3, -0.25) is 0 Å². The molecule has 1 aliphatic heterocycles. The highest BCUT2D eigenvalue weighted by atomic mass is 19.1. The fourth-order valence-corrected chi connectivity index (χ4v) is 3.57. The van der Waals surface area contributed by atoms with Gasteiger partial charge in [0.2, 0.25) is 5.95 Å². The number of ether oxygens (including phenoxy) is 1. The van der Waals surface area contributed by atoms with Gasteiger partial charge in [0.1, 0.15) is 5.82 Å². The first-order chi connectivity index (χ1) is 14.6. The zero-order valence-electron chi connectivity index (χ0n) is 17.4. The lowest BCUT2D eigenvalue weighted by Gasteiger charge is -2.29. The molecule has 1 fully saturated rings. The van der Waals surface area contributed by atoms with E-state index in [2.05, 4.69) is 37.2 Å². The van der Waals surface area contributed by atoms with Gasteiger partial charge in [-0.05, 0) is 25.0 Å². The van der Waals surface area contributed by atoms with Crippen LogP contribution in [0, 0.1) is 12.9 Å². The smallest absolute Gasteiger partial charge is 0.336 e. The van der Waals surface area contributed by atoms with Crippen LogP contribution in [0.4, 0.5) is 16.0 Å². The molecule has 4 heterocycles. The molecule has 3 aromatic rings. The highest BCUT2D eigenvalue weighted by Gasteiger charge is 2.19. The second kappa shape index (κ2) is 8.78. The van der Waals surface area contributed by atoms with Gasteiger partial charge in [-0.15, -0.1) is 5.10 Å². The van der Waals surface area contributed by atoms with Crippen molar-refractivity contribution >= 4 is 17.3 Å². The first-order valence-corrected chi connectivity index (χ1v) is 10.3. The summed E-state index contributed by atoms with van der Waals surface area (Å²) in [6.07, 6.45) is 3.82. The number of halogens is 1. The van der Waals surface area contributed by atoms with Gasteiger partial charge in [-0.1, -0.05) is 13.3 Å². The molecule has 1 aliphatic rings. The number of rotatable bonds is 7. The Balaban J connectivity index is 1.61. The molecular formula is C20H27FN8O. The van der Waals surface area contributed by atoms with Crippen molar-refractivity contribution in [3.8, 4) is 6.01 Å². The normalized spacial score (nSPS) is 14.4. The van der Waals surface area contributed by atoms with Crippen molar-refractivity contribution in [2.75, 3.05) is 43.4 Å². The van der Waals surface area contributed by atoms with E-state index in [0.29, 0.717) is 29.3 Å². The van der Waals surface area contributed by atoms with E-state index >= 15 is 0 Å². The Labute approximate surface area is 174 Å². The van der Waals surface area contributed by atoms with Crippen molar-refractivity contribution in [3.63, 3.8) is 0 Å². The molecule has 3 aromatic heterocycles. The van der Waals surface area contributed by atoms with Crippen LogP contribution in [0.25, 0.3) is 5.65 Å². The average Bonchev–Trinajstić information content (AvgIpc) is 3.14. The third-order valence-corrected chi connectivity index (χ3v) is 5.17. The number of aromatic nitrogens is 5. The van der Waals surface area contributed by atoms with Gasteiger partial charge in [0.15, 0.2) is 11.5 Å². The number of nitrogens with two attached hydrogens (primary N) is 1. The molecule has 4 rings (SSSR count). The van der Waals surface area contributed by atoms with Gasteiger partial charge < -0.3 is 20.7 Å². The van der Waals surface area contributed by atoms with Crippen LogP contribution < -0.4 is 20.7 Å². The Morgan fingerprint density at radius 1 is 1.27 bits per heavy atom. The topological polar surface area (TPSA) is 106 Å². The molecule has 0 bridgehead atoms. The van der Waals surface area contributed by atoms with Gasteiger partial charge in [-0.2, -0.15) is 9.37 Å². The van der Waals surface area contributed by atoms with Gasteiger partial charge in [0.25, 0.3) is 0 Å². The summed E-state index contributed by atoms with van der Waals surface area (Å²) in [7, 11) is 0. The minimum atomic E-state index is -0.481. The number of nitrogen functional groups attached to an aromatic ring is 1. The van der Waals surface area contributed by atoms with E-state index in [9.17, 15) is 4.39 Å². The first kappa shape index (κ1) is 20.3. The zero-order chi connectivity index (χ0) is 21.1. The molecule has 0 unspecified atom stereocenters. The standard InChI is InChI=1S/C20H27FN8O/c1-3-4-9-30-20-26-17(22)19-24-12-15(29(19)27-20)11-14-10-13(2)18(25-16(14)21)28-7-5-23-6-8-28/h10,12,23H,3-9,11H2,1-2H3,(H2,22,26,27). The summed E-state index contributed by atoms with van der Waals surface area (Å²) in [6, 6.07) is 2.04. The van der Waals surface area contributed by atoms with Crippen LogP contribution in [-0.4, -0.2) is 57.4 Å². The van der Waals surface area contributed by atoms with Crippen molar-refractivity contribution in [1.82, 2.24) is 29.9 Å². The van der Waals surface area contributed by atoms with Crippen molar-refractivity contribution in [1.29, 1.82) is 0 Å². The number of piperazine rings is 1. The molecule has 0 amide bonds. The van der Waals surface area contributed by atoms with Gasteiger partial charge in [0, 0.05) is 38.2 Å². The molecule has 30 heavy (non-hydrogen) atoms. The Kier molecular flexibility index (Phi) is 5.93. The van der Waals surface area contributed by atoms with E-state index in [1.165, 1.54) is 0 Å². The molecule has 160 valence electrons. The second-order valence-electron chi connectivity index (χ2n) is 7.46. The third kappa shape index (κ3) is 4.13. The fourth-order valence-electron chi connectivity index (χ4n) is 3.57. The van der Waals surface area contributed by atoms with Gasteiger partial charge in [0.05, 0.1) is 18.5 Å². The summed E-state index contributed by atoms with van der Waals surface area (Å²) >= 11 is 0. The summed E-state index contributed by atoms with van der Waals surface area (Å²) in [5.41, 5.74) is 8.56. The second-order valence-corrected chi connectivity index (χ2v) is 7.46. The summed E-state index contributed by atoms with van der Waals surface area (Å²) in [5, 5.41) is 7.69. The maximum atomic E-state index is 14.9. The molecular weight excluding hydrogens is 387 g/mol. The molecule has 9 nitrogen and oxygen atoms in total. The minimum absolute atomic E-state index is 0.191. The Bertz CT molecular complexity index is 1030. The van der Waals surface area contributed by atoms with Crippen LogP contribution >= 0.6 is 0 Å². The molecule has 0 aromatic carbocycles. The van der Waals surface area contributed by atoms with Crippen LogP contribution in [-0.2, 0) is 6.42 Å². The third-order valence-electron chi connectivity index (χ3n) is 5.17.